The molecule has 0 aliphatic carbocycles. The highest BCUT2D eigenvalue weighted by Crippen LogP contribution is 2.35. The Labute approximate surface area is 148 Å². The first-order chi connectivity index (χ1) is 12.0. The summed E-state index contributed by atoms with van der Waals surface area (Å²) in [6.07, 6.45) is 1.43. The maximum Gasteiger partial charge on any atom is 0.414 e. The van der Waals surface area contributed by atoms with E-state index in [-0.39, 0.29) is 18.1 Å². The number of amides is 2. The van der Waals surface area contributed by atoms with Crippen LogP contribution in [0.15, 0.2) is 12.1 Å². The van der Waals surface area contributed by atoms with Crippen LogP contribution in [0.3, 0.4) is 0 Å². The normalized spacial score (nSPS) is 21.3. The van der Waals surface area contributed by atoms with Crippen molar-refractivity contribution in [2.75, 3.05) is 31.2 Å². The minimum atomic E-state index is -0.354. The molecule has 2 heterocycles. The largest absolute Gasteiger partial charge is 0.442 e. The molecule has 2 amide bonds. The minimum absolute atomic E-state index is 0.123. The van der Waals surface area contributed by atoms with E-state index in [2.05, 4.69) is 31.3 Å². The number of benzene rings is 1. The van der Waals surface area contributed by atoms with Crippen molar-refractivity contribution in [2.45, 2.75) is 45.6 Å². The highest BCUT2D eigenvalue weighted by atomic mass is 16.6. The van der Waals surface area contributed by atoms with Crippen LogP contribution in [-0.2, 0) is 14.3 Å². The molecule has 0 unspecified atom stereocenters. The molecule has 6 heteroatoms. The number of nitrogens with one attached hydrogen (secondary N) is 1. The lowest BCUT2D eigenvalue weighted by Gasteiger charge is -2.27. The summed E-state index contributed by atoms with van der Waals surface area (Å²) < 4.78 is 10.8. The highest BCUT2D eigenvalue weighted by Gasteiger charge is 2.33. The summed E-state index contributed by atoms with van der Waals surface area (Å²) in [4.78, 5) is 24.9. The lowest BCUT2D eigenvalue weighted by Crippen LogP contribution is -2.33. The van der Waals surface area contributed by atoms with Gasteiger partial charge in [0.05, 0.1) is 13.1 Å². The summed E-state index contributed by atoms with van der Waals surface area (Å²) >= 11 is 0. The molecular weight excluding hydrogens is 320 g/mol. The molecule has 1 N–H and O–H groups in total. The van der Waals surface area contributed by atoms with Crippen molar-refractivity contribution < 1.29 is 19.1 Å². The third-order valence-electron chi connectivity index (χ3n) is 4.97. The molecule has 0 spiro atoms. The van der Waals surface area contributed by atoms with E-state index in [4.69, 9.17) is 9.47 Å². The lowest BCUT2D eigenvalue weighted by atomic mass is 9.85. The summed E-state index contributed by atoms with van der Waals surface area (Å²) in [5, 5.41) is 2.70. The Morgan fingerprint density at radius 3 is 2.48 bits per heavy atom. The monoisotopic (exact) mass is 346 g/mol. The van der Waals surface area contributed by atoms with E-state index in [0.29, 0.717) is 19.0 Å². The fourth-order valence-electron chi connectivity index (χ4n) is 3.83. The fraction of sp³-hybridized carbons (Fsp3) is 0.579. The number of carbonyl (C=O) groups is 2. The average molecular weight is 346 g/mol. The number of hydrogen-bond acceptors (Lipinski definition) is 4. The smallest absolute Gasteiger partial charge is 0.414 e. The summed E-state index contributed by atoms with van der Waals surface area (Å²) in [5.41, 5.74) is 4.66. The predicted molar refractivity (Wildman–Crippen MR) is 95.0 cm³/mol. The Morgan fingerprint density at radius 1 is 1.24 bits per heavy atom. The van der Waals surface area contributed by atoms with E-state index in [0.717, 1.165) is 31.7 Å². The topological polar surface area (TPSA) is 67.9 Å². The van der Waals surface area contributed by atoms with Crippen molar-refractivity contribution in [3.8, 4) is 0 Å². The number of hydrogen-bond donors (Lipinski definition) is 1. The van der Waals surface area contributed by atoms with Crippen LogP contribution >= 0.6 is 0 Å². The van der Waals surface area contributed by atoms with E-state index in [9.17, 15) is 9.59 Å². The number of nitrogens with zero attached hydrogens (tertiary/aromatic N) is 1. The third-order valence-corrected chi connectivity index (χ3v) is 4.97. The van der Waals surface area contributed by atoms with Gasteiger partial charge in [-0.15, -0.1) is 0 Å². The predicted octanol–water partition coefficient (Wildman–Crippen LogP) is 2.66. The van der Waals surface area contributed by atoms with E-state index in [1.807, 2.05) is 0 Å². The van der Waals surface area contributed by atoms with Gasteiger partial charge in [-0.2, -0.15) is 0 Å². The molecule has 1 atom stereocenters. The molecule has 0 saturated carbocycles. The van der Waals surface area contributed by atoms with Crippen molar-refractivity contribution >= 4 is 17.7 Å². The number of anilines is 1. The Kier molecular flexibility index (Phi) is 5.27. The molecule has 1 aromatic carbocycles. The van der Waals surface area contributed by atoms with Gasteiger partial charge >= 0.3 is 6.09 Å². The van der Waals surface area contributed by atoms with Gasteiger partial charge in [0.15, 0.2) is 0 Å². The molecule has 2 aliphatic heterocycles. The molecule has 136 valence electrons. The molecule has 0 aromatic heterocycles. The van der Waals surface area contributed by atoms with Crippen molar-refractivity contribution in [1.82, 2.24) is 5.32 Å². The molecule has 25 heavy (non-hydrogen) atoms. The van der Waals surface area contributed by atoms with Gasteiger partial charge in [-0.25, -0.2) is 4.79 Å². The second-order valence-electron chi connectivity index (χ2n) is 6.93. The average Bonchev–Trinajstić information content (AvgIpc) is 2.94. The van der Waals surface area contributed by atoms with Crippen molar-refractivity contribution in [3.63, 3.8) is 0 Å². The quantitative estimate of drug-likeness (QED) is 0.910. The van der Waals surface area contributed by atoms with Crippen molar-refractivity contribution in [3.05, 3.63) is 28.8 Å². The van der Waals surface area contributed by atoms with Crippen molar-refractivity contribution in [1.29, 1.82) is 0 Å². The van der Waals surface area contributed by atoms with Crippen LogP contribution in [0.4, 0.5) is 10.5 Å². The summed E-state index contributed by atoms with van der Waals surface area (Å²) in [6, 6.07) is 4.14. The Hall–Kier alpha value is -2.08. The van der Waals surface area contributed by atoms with Gasteiger partial charge < -0.3 is 14.8 Å². The van der Waals surface area contributed by atoms with Gasteiger partial charge in [-0.1, -0.05) is 0 Å². The molecular formula is C19H26N2O4. The van der Waals surface area contributed by atoms with Crippen LogP contribution in [0.2, 0.25) is 0 Å². The van der Waals surface area contributed by atoms with Crippen LogP contribution in [0, 0.1) is 13.8 Å². The van der Waals surface area contributed by atoms with Crippen LogP contribution in [0.1, 0.15) is 42.4 Å². The highest BCUT2D eigenvalue weighted by molar-refractivity contribution is 5.90. The molecule has 0 radical (unpaired) electrons. The lowest BCUT2D eigenvalue weighted by molar-refractivity contribution is -0.119. The first kappa shape index (κ1) is 17.7. The Bertz CT molecular complexity index is 644. The van der Waals surface area contributed by atoms with Gasteiger partial charge in [0.1, 0.15) is 6.10 Å². The standard InChI is InChI=1S/C19H26N2O4/c1-12-8-16(9-13(2)18(12)15-4-6-24-7-5-15)21-11-17(25-19(21)23)10-20-14(3)22/h8-9,15,17H,4-7,10-11H2,1-3H3,(H,20,22)/t17-/m0/s1. The molecule has 1 aromatic rings. The summed E-state index contributed by atoms with van der Waals surface area (Å²) in [7, 11) is 0. The summed E-state index contributed by atoms with van der Waals surface area (Å²) in [6.45, 7) is 8.10. The Balaban J connectivity index is 1.76. The van der Waals surface area contributed by atoms with E-state index < -0.39 is 0 Å². The molecule has 2 fully saturated rings. The molecule has 3 rings (SSSR count). The molecule has 6 nitrogen and oxygen atoms in total. The van der Waals surface area contributed by atoms with Gasteiger partial charge in [0.25, 0.3) is 0 Å². The molecule has 0 bridgehead atoms. The van der Waals surface area contributed by atoms with Crippen LogP contribution in [0.5, 0.6) is 0 Å². The van der Waals surface area contributed by atoms with Crippen LogP contribution < -0.4 is 10.2 Å². The maximum absolute atomic E-state index is 12.2. The SMILES string of the molecule is CC(=O)NC[C@H]1CN(c2cc(C)c(C3CCOCC3)c(C)c2)C(=O)O1. The Morgan fingerprint density at radius 2 is 1.88 bits per heavy atom. The zero-order chi connectivity index (χ0) is 18.0. The number of rotatable bonds is 4. The van der Waals surface area contributed by atoms with Crippen molar-refractivity contribution in [2.24, 2.45) is 0 Å². The fourth-order valence-corrected chi connectivity index (χ4v) is 3.83. The van der Waals surface area contributed by atoms with Gasteiger partial charge in [0.2, 0.25) is 5.91 Å². The minimum Gasteiger partial charge on any atom is -0.442 e. The number of carbonyl (C=O) groups excluding carboxylic acids is 2. The molecule has 2 aliphatic rings. The first-order valence-electron chi connectivity index (χ1n) is 8.87. The van der Waals surface area contributed by atoms with E-state index in [1.165, 1.54) is 23.6 Å². The van der Waals surface area contributed by atoms with Crippen LogP contribution in [0.25, 0.3) is 0 Å². The number of aryl methyl sites for hydroxylation is 2. The summed E-state index contributed by atoms with van der Waals surface area (Å²) in [5.74, 6) is 0.405. The maximum atomic E-state index is 12.2. The van der Waals surface area contributed by atoms with Gasteiger partial charge in [0, 0.05) is 25.8 Å². The van der Waals surface area contributed by atoms with Gasteiger partial charge in [-0.3, -0.25) is 9.69 Å². The number of ether oxygens (including phenoxy) is 2. The second kappa shape index (κ2) is 7.44. The van der Waals surface area contributed by atoms with E-state index >= 15 is 0 Å². The zero-order valence-electron chi connectivity index (χ0n) is 15.1. The first-order valence-corrected chi connectivity index (χ1v) is 8.87. The van der Waals surface area contributed by atoms with Gasteiger partial charge in [-0.05, 0) is 61.4 Å². The second-order valence-corrected chi connectivity index (χ2v) is 6.93. The third kappa shape index (κ3) is 3.95. The van der Waals surface area contributed by atoms with Crippen LogP contribution in [-0.4, -0.2) is 44.4 Å². The zero-order valence-corrected chi connectivity index (χ0v) is 15.1. The van der Waals surface area contributed by atoms with E-state index in [1.54, 1.807) is 4.90 Å². The molecule has 2 saturated heterocycles. The number of cyclic esters (lactones) is 1.